The molecule has 0 unspecified atom stereocenters. The SMILES string of the molecule is CCOC(=O)n1ccc(C(=O)N2CCOCC2)n1. The van der Waals surface area contributed by atoms with Crippen molar-refractivity contribution in [1.29, 1.82) is 0 Å². The van der Waals surface area contributed by atoms with Crippen LogP contribution in [0, 0.1) is 0 Å². The highest BCUT2D eigenvalue weighted by atomic mass is 16.5. The van der Waals surface area contributed by atoms with E-state index in [1.165, 1.54) is 12.3 Å². The van der Waals surface area contributed by atoms with E-state index < -0.39 is 6.09 Å². The van der Waals surface area contributed by atoms with Crippen LogP contribution < -0.4 is 0 Å². The van der Waals surface area contributed by atoms with Gasteiger partial charge >= 0.3 is 6.09 Å². The Morgan fingerprint density at radius 3 is 2.83 bits per heavy atom. The first-order valence-corrected chi connectivity index (χ1v) is 5.82. The van der Waals surface area contributed by atoms with Gasteiger partial charge in [-0.05, 0) is 13.0 Å². The van der Waals surface area contributed by atoms with Crippen molar-refractivity contribution in [2.75, 3.05) is 32.9 Å². The average Bonchev–Trinajstić information content (AvgIpc) is 2.89. The van der Waals surface area contributed by atoms with Crippen LogP contribution in [0.3, 0.4) is 0 Å². The predicted molar refractivity (Wildman–Crippen MR) is 61.4 cm³/mol. The molecule has 1 aliphatic rings. The Morgan fingerprint density at radius 1 is 1.44 bits per heavy atom. The maximum Gasteiger partial charge on any atom is 0.434 e. The summed E-state index contributed by atoms with van der Waals surface area (Å²) in [6.45, 7) is 4.14. The van der Waals surface area contributed by atoms with E-state index >= 15 is 0 Å². The Bertz CT molecular complexity index is 437. The number of ether oxygens (including phenoxy) is 2. The fourth-order valence-corrected chi connectivity index (χ4v) is 1.66. The van der Waals surface area contributed by atoms with Gasteiger partial charge in [-0.15, -0.1) is 0 Å². The highest BCUT2D eigenvalue weighted by molar-refractivity contribution is 5.92. The van der Waals surface area contributed by atoms with Gasteiger partial charge in [-0.2, -0.15) is 9.78 Å². The third-order valence-electron chi connectivity index (χ3n) is 2.56. The van der Waals surface area contributed by atoms with Gasteiger partial charge in [0.15, 0.2) is 5.69 Å². The van der Waals surface area contributed by atoms with E-state index in [-0.39, 0.29) is 18.2 Å². The summed E-state index contributed by atoms with van der Waals surface area (Å²) in [5.41, 5.74) is 0.241. The molecule has 2 rings (SSSR count). The first kappa shape index (κ1) is 12.6. The number of morpholine rings is 1. The average molecular weight is 253 g/mol. The Labute approximate surface area is 104 Å². The summed E-state index contributed by atoms with van der Waals surface area (Å²) < 4.78 is 11.0. The van der Waals surface area contributed by atoms with Crippen LogP contribution in [0.15, 0.2) is 12.3 Å². The quantitative estimate of drug-likeness (QED) is 0.760. The molecule has 1 fully saturated rings. The van der Waals surface area contributed by atoms with Crippen LogP contribution in [0.2, 0.25) is 0 Å². The van der Waals surface area contributed by atoms with E-state index in [9.17, 15) is 9.59 Å². The third-order valence-corrected chi connectivity index (χ3v) is 2.56. The van der Waals surface area contributed by atoms with Crippen molar-refractivity contribution in [2.24, 2.45) is 0 Å². The highest BCUT2D eigenvalue weighted by Gasteiger charge is 2.21. The molecular weight excluding hydrogens is 238 g/mol. The van der Waals surface area contributed by atoms with E-state index in [0.717, 1.165) is 4.68 Å². The van der Waals surface area contributed by atoms with Gasteiger partial charge in [-0.25, -0.2) is 4.79 Å². The second kappa shape index (κ2) is 5.63. The van der Waals surface area contributed by atoms with E-state index in [1.807, 2.05) is 0 Å². The Hall–Kier alpha value is -1.89. The zero-order chi connectivity index (χ0) is 13.0. The molecule has 98 valence electrons. The number of carbonyl (C=O) groups excluding carboxylic acids is 2. The van der Waals surface area contributed by atoms with Crippen LogP contribution in [-0.4, -0.2) is 59.6 Å². The lowest BCUT2D eigenvalue weighted by Gasteiger charge is -2.25. The minimum atomic E-state index is -0.585. The first-order valence-electron chi connectivity index (χ1n) is 5.82. The summed E-state index contributed by atoms with van der Waals surface area (Å²) in [7, 11) is 0. The largest absolute Gasteiger partial charge is 0.448 e. The second-order valence-electron chi connectivity index (χ2n) is 3.75. The van der Waals surface area contributed by atoms with Crippen molar-refractivity contribution in [2.45, 2.75) is 6.92 Å². The van der Waals surface area contributed by atoms with Gasteiger partial charge < -0.3 is 14.4 Å². The third kappa shape index (κ3) is 2.67. The molecule has 18 heavy (non-hydrogen) atoms. The summed E-state index contributed by atoms with van der Waals surface area (Å²) in [5.74, 6) is -0.193. The van der Waals surface area contributed by atoms with Gasteiger partial charge in [0.05, 0.1) is 19.8 Å². The molecule has 0 atom stereocenters. The normalized spacial score (nSPS) is 15.5. The molecule has 2 heterocycles. The maximum atomic E-state index is 12.0. The van der Waals surface area contributed by atoms with E-state index in [2.05, 4.69) is 5.10 Å². The van der Waals surface area contributed by atoms with Gasteiger partial charge in [-0.3, -0.25) is 4.79 Å². The van der Waals surface area contributed by atoms with Gasteiger partial charge in [0.25, 0.3) is 5.91 Å². The van der Waals surface area contributed by atoms with Crippen LogP contribution >= 0.6 is 0 Å². The van der Waals surface area contributed by atoms with Crippen LogP contribution in [0.5, 0.6) is 0 Å². The van der Waals surface area contributed by atoms with E-state index in [4.69, 9.17) is 9.47 Å². The minimum Gasteiger partial charge on any atom is -0.448 e. The molecule has 0 spiro atoms. The molecule has 1 aliphatic heterocycles. The van der Waals surface area contributed by atoms with Crippen LogP contribution in [0.1, 0.15) is 17.4 Å². The molecule has 0 aromatic carbocycles. The lowest BCUT2D eigenvalue weighted by atomic mass is 10.3. The lowest BCUT2D eigenvalue weighted by Crippen LogP contribution is -2.40. The number of aromatic nitrogens is 2. The molecule has 0 saturated carbocycles. The Balaban J connectivity index is 2.04. The number of nitrogens with zero attached hydrogens (tertiary/aromatic N) is 3. The standard InChI is InChI=1S/C11H15N3O4/c1-2-18-11(16)14-4-3-9(12-14)10(15)13-5-7-17-8-6-13/h3-4H,2,5-8H2,1H3. The van der Waals surface area contributed by atoms with Crippen LogP contribution in [0.4, 0.5) is 4.79 Å². The van der Waals surface area contributed by atoms with Crippen molar-refractivity contribution in [3.63, 3.8) is 0 Å². The summed E-state index contributed by atoms with van der Waals surface area (Å²) >= 11 is 0. The van der Waals surface area contributed by atoms with Crippen molar-refractivity contribution >= 4 is 12.0 Å². The summed E-state index contributed by atoms with van der Waals surface area (Å²) in [6, 6.07) is 1.51. The monoisotopic (exact) mass is 253 g/mol. The summed E-state index contributed by atoms with van der Waals surface area (Å²) in [6.07, 6.45) is 0.838. The van der Waals surface area contributed by atoms with Gasteiger partial charge in [0.1, 0.15) is 0 Å². The molecule has 1 saturated heterocycles. The molecule has 0 N–H and O–H groups in total. The summed E-state index contributed by atoms with van der Waals surface area (Å²) in [5, 5.41) is 3.91. The highest BCUT2D eigenvalue weighted by Crippen LogP contribution is 2.05. The molecule has 7 heteroatoms. The van der Waals surface area contributed by atoms with Crippen molar-refractivity contribution < 1.29 is 19.1 Å². The topological polar surface area (TPSA) is 73.7 Å². The maximum absolute atomic E-state index is 12.0. The Kier molecular flexibility index (Phi) is 3.93. The molecule has 1 aromatic heterocycles. The smallest absolute Gasteiger partial charge is 0.434 e. The van der Waals surface area contributed by atoms with Gasteiger partial charge in [-0.1, -0.05) is 0 Å². The number of amides is 1. The molecule has 1 amide bonds. The van der Waals surface area contributed by atoms with E-state index in [0.29, 0.717) is 26.3 Å². The van der Waals surface area contributed by atoms with Crippen LogP contribution in [0.25, 0.3) is 0 Å². The van der Waals surface area contributed by atoms with Gasteiger partial charge in [0.2, 0.25) is 0 Å². The zero-order valence-corrected chi connectivity index (χ0v) is 10.2. The van der Waals surface area contributed by atoms with Crippen molar-refractivity contribution in [3.8, 4) is 0 Å². The van der Waals surface area contributed by atoms with E-state index in [1.54, 1.807) is 11.8 Å². The number of rotatable bonds is 2. The second-order valence-corrected chi connectivity index (χ2v) is 3.75. The number of hydrogen-bond donors (Lipinski definition) is 0. The summed E-state index contributed by atoms with van der Waals surface area (Å²) in [4.78, 5) is 25.1. The Morgan fingerprint density at radius 2 is 2.17 bits per heavy atom. The first-order chi connectivity index (χ1) is 8.72. The van der Waals surface area contributed by atoms with Crippen molar-refractivity contribution in [3.05, 3.63) is 18.0 Å². The fraction of sp³-hybridized carbons (Fsp3) is 0.545. The number of carbonyl (C=O) groups is 2. The fourth-order valence-electron chi connectivity index (χ4n) is 1.66. The molecule has 0 radical (unpaired) electrons. The molecule has 7 nitrogen and oxygen atoms in total. The molecule has 0 aliphatic carbocycles. The predicted octanol–water partition coefficient (Wildman–Crippen LogP) is 0.360. The van der Waals surface area contributed by atoms with Crippen molar-refractivity contribution in [1.82, 2.24) is 14.7 Å². The zero-order valence-electron chi connectivity index (χ0n) is 10.2. The molecular formula is C11H15N3O4. The lowest BCUT2D eigenvalue weighted by molar-refractivity contribution is 0.0298. The van der Waals surface area contributed by atoms with Gasteiger partial charge in [0, 0.05) is 19.3 Å². The molecule has 1 aromatic rings. The molecule has 0 bridgehead atoms. The number of hydrogen-bond acceptors (Lipinski definition) is 5. The van der Waals surface area contributed by atoms with Crippen LogP contribution in [-0.2, 0) is 9.47 Å². The minimum absolute atomic E-state index is 0.193.